The van der Waals surface area contributed by atoms with Gasteiger partial charge >= 0.3 is 0 Å². The van der Waals surface area contributed by atoms with Crippen LogP contribution in [0.3, 0.4) is 0 Å². The van der Waals surface area contributed by atoms with Gasteiger partial charge in [-0.05, 0) is 17.7 Å². The third-order valence-corrected chi connectivity index (χ3v) is 3.31. The highest BCUT2D eigenvalue weighted by Gasteiger charge is 2.05. The first-order valence-corrected chi connectivity index (χ1v) is 7.17. The number of nitrogens with zero attached hydrogens (tertiary/aromatic N) is 4. The van der Waals surface area contributed by atoms with Gasteiger partial charge in [-0.15, -0.1) is 0 Å². The van der Waals surface area contributed by atoms with E-state index in [2.05, 4.69) is 25.7 Å². The molecule has 0 fully saturated rings. The molecule has 2 N–H and O–H groups in total. The summed E-state index contributed by atoms with van der Waals surface area (Å²) in [5.41, 5.74) is 1.48. The summed E-state index contributed by atoms with van der Waals surface area (Å²) in [5, 5.41) is 10.3. The van der Waals surface area contributed by atoms with Gasteiger partial charge in [0.25, 0.3) is 0 Å². The molecule has 0 spiro atoms. The summed E-state index contributed by atoms with van der Waals surface area (Å²) in [6.45, 7) is 1.28. The Kier molecular flexibility index (Phi) is 6.04. The van der Waals surface area contributed by atoms with Crippen LogP contribution in [0.15, 0.2) is 29.5 Å². The average molecular weight is 320 g/mol. The molecule has 124 valence electrons. The SMILES string of the molecule is CN=C(NCc1ccc(F)c(COC)c1)NCc1ncnn1C. The zero-order chi connectivity index (χ0) is 16.7. The van der Waals surface area contributed by atoms with Gasteiger partial charge < -0.3 is 15.4 Å². The van der Waals surface area contributed by atoms with E-state index in [4.69, 9.17) is 4.74 Å². The Morgan fingerprint density at radius 3 is 2.78 bits per heavy atom. The van der Waals surface area contributed by atoms with E-state index in [9.17, 15) is 4.39 Å². The Hall–Kier alpha value is -2.48. The average Bonchev–Trinajstić information content (AvgIpc) is 2.96. The number of aromatic nitrogens is 3. The number of ether oxygens (including phenoxy) is 1. The van der Waals surface area contributed by atoms with Crippen LogP contribution >= 0.6 is 0 Å². The second kappa shape index (κ2) is 8.23. The molecule has 0 aliphatic rings. The summed E-state index contributed by atoms with van der Waals surface area (Å²) in [5.74, 6) is 1.17. The van der Waals surface area contributed by atoms with Gasteiger partial charge in [0.1, 0.15) is 18.0 Å². The minimum Gasteiger partial charge on any atom is -0.380 e. The van der Waals surface area contributed by atoms with E-state index in [1.807, 2.05) is 7.05 Å². The fraction of sp³-hybridized carbons (Fsp3) is 0.400. The topological polar surface area (TPSA) is 76.4 Å². The number of nitrogens with one attached hydrogen (secondary N) is 2. The smallest absolute Gasteiger partial charge is 0.191 e. The molecule has 0 radical (unpaired) electrons. The summed E-state index contributed by atoms with van der Waals surface area (Å²) in [4.78, 5) is 8.28. The number of aryl methyl sites for hydroxylation is 1. The molecular weight excluding hydrogens is 299 g/mol. The molecule has 0 saturated carbocycles. The van der Waals surface area contributed by atoms with Gasteiger partial charge in [-0.1, -0.05) is 6.07 Å². The second-order valence-electron chi connectivity index (χ2n) is 4.94. The molecule has 0 unspecified atom stereocenters. The van der Waals surface area contributed by atoms with Crippen LogP contribution in [0.4, 0.5) is 4.39 Å². The van der Waals surface area contributed by atoms with Crippen molar-refractivity contribution in [3.05, 3.63) is 47.3 Å². The molecule has 2 aromatic rings. The summed E-state index contributed by atoms with van der Waals surface area (Å²) >= 11 is 0. The van der Waals surface area contributed by atoms with E-state index in [0.29, 0.717) is 24.6 Å². The van der Waals surface area contributed by atoms with Gasteiger partial charge in [0.05, 0.1) is 13.2 Å². The van der Waals surface area contributed by atoms with Crippen LogP contribution < -0.4 is 10.6 Å². The summed E-state index contributed by atoms with van der Waals surface area (Å²) < 4.78 is 20.3. The molecule has 2 rings (SSSR count). The Labute approximate surface area is 134 Å². The lowest BCUT2D eigenvalue weighted by Gasteiger charge is -2.12. The van der Waals surface area contributed by atoms with Crippen molar-refractivity contribution in [2.45, 2.75) is 19.7 Å². The Balaban J connectivity index is 1.90. The monoisotopic (exact) mass is 320 g/mol. The number of benzene rings is 1. The van der Waals surface area contributed by atoms with Crippen LogP contribution in [-0.2, 0) is 31.5 Å². The fourth-order valence-corrected chi connectivity index (χ4v) is 2.05. The van der Waals surface area contributed by atoms with Crippen molar-refractivity contribution >= 4 is 5.96 Å². The number of hydrogen-bond donors (Lipinski definition) is 2. The number of hydrogen-bond acceptors (Lipinski definition) is 4. The van der Waals surface area contributed by atoms with E-state index in [-0.39, 0.29) is 12.4 Å². The highest BCUT2D eigenvalue weighted by Crippen LogP contribution is 2.11. The van der Waals surface area contributed by atoms with Crippen LogP contribution in [0, 0.1) is 5.82 Å². The van der Waals surface area contributed by atoms with Crippen LogP contribution in [0.5, 0.6) is 0 Å². The summed E-state index contributed by atoms with van der Waals surface area (Å²) in [6.07, 6.45) is 1.50. The molecule has 0 saturated heterocycles. The molecule has 8 heteroatoms. The highest BCUT2D eigenvalue weighted by atomic mass is 19.1. The molecule has 7 nitrogen and oxygen atoms in total. The standard InChI is InChI=1S/C15H21FN6O/c1-17-15(19-8-14-20-10-21-22(14)2)18-7-11-4-5-13(16)12(6-11)9-23-3/h4-6,10H,7-9H2,1-3H3,(H2,17,18,19). The second-order valence-corrected chi connectivity index (χ2v) is 4.94. The Bertz CT molecular complexity index is 670. The number of guanidine groups is 1. The Morgan fingerprint density at radius 2 is 2.13 bits per heavy atom. The third kappa shape index (κ3) is 4.75. The first-order chi connectivity index (χ1) is 11.1. The minimum absolute atomic E-state index is 0.249. The molecule has 0 atom stereocenters. The predicted molar refractivity (Wildman–Crippen MR) is 85.2 cm³/mol. The van der Waals surface area contributed by atoms with E-state index in [1.165, 1.54) is 12.4 Å². The van der Waals surface area contributed by atoms with Gasteiger partial charge in [-0.2, -0.15) is 5.10 Å². The lowest BCUT2D eigenvalue weighted by Crippen LogP contribution is -2.37. The summed E-state index contributed by atoms with van der Waals surface area (Å²) in [6, 6.07) is 4.96. The van der Waals surface area contributed by atoms with Crippen molar-refractivity contribution in [2.24, 2.45) is 12.0 Å². The van der Waals surface area contributed by atoms with E-state index in [0.717, 1.165) is 11.4 Å². The fourth-order valence-electron chi connectivity index (χ4n) is 2.05. The van der Waals surface area contributed by atoms with Crippen molar-refractivity contribution in [3.63, 3.8) is 0 Å². The van der Waals surface area contributed by atoms with E-state index >= 15 is 0 Å². The predicted octanol–water partition coefficient (Wildman–Crippen LogP) is 0.966. The molecule has 0 amide bonds. The van der Waals surface area contributed by atoms with Crippen molar-refractivity contribution in [1.29, 1.82) is 0 Å². The maximum atomic E-state index is 13.6. The van der Waals surface area contributed by atoms with Gasteiger partial charge in [0.15, 0.2) is 5.96 Å². The number of rotatable bonds is 6. The van der Waals surface area contributed by atoms with Crippen molar-refractivity contribution in [2.75, 3.05) is 14.2 Å². The van der Waals surface area contributed by atoms with Crippen molar-refractivity contribution in [3.8, 4) is 0 Å². The highest BCUT2D eigenvalue weighted by molar-refractivity contribution is 5.79. The molecule has 23 heavy (non-hydrogen) atoms. The van der Waals surface area contributed by atoms with E-state index < -0.39 is 0 Å². The van der Waals surface area contributed by atoms with Crippen LogP contribution in [0.1, 0.15) is 17.0 Å². The van der Waals surface area contributed by atoms with Crippen molar-refractivity contribution in [1.82, 2.24) is 25.4 Å². The molecular formula is C15H21FN6O. The Morgan fingerprint density at radius 1 is 1.35 bits per heavy atom. The maximum absolute atomic E-state index is 13.6. The largest absolute Gasteiger partial charge is 0.380 e. The number of halogens is 1. The molecule has 0 aliphatic heterocycles. The summed E-state index contributed by atoms with van der Waals surface area (Å²) in [7, 11) is 5.06. The first kappa shape index (κ1) is 16.9. The van der Waals surface area contributed by atoms with E-state index in [1.54, 1.807) is 31.0 Å². The molecule has 1 aromatic carbocycles. The lowest BCUT2D eigenvalue weighted by molar-refractivity contribution is 0.181. The molecule has 1 aromatic heterocycles. The third-order valence-electron chi connectivity index (χ3n) is 3.31. The molecule has 0 aliphatic carbocycles. The van der Waals surface area contributed by atoms with Crippen LogP contribution in [0.25, 0.3) is 0 Å². The lowest BCUT2D eigenvalue weighted by atomic mass is 10.1. The minimum atomic E-state index is -0.264. The normalized spacial score (nSPS) is 11.6. The van der Waals surface area contributed by atoms with Gasteiger partial charge in [-0.3, -0.25) is 9.67 Å². The zero-order valence-electron chi connectivity index (χ0n) is 13.5. The van der Waals surface area contributed by atoms with Gasteiger partial charge in [-0.25, -0.2) is 9.37 Å². The molecule has 0 bridgehead atoms. The quantitative estimate of drug-likeness (QED) is 0.612. The van der Waals surface area contributed by atoms with Crippen LogP contribution in [0.2, 0.25) is 0 Å². The van der Waals surface area contributed by atoms with Crippen LogP contribution in [-0.4, -0.2) is 34.9 Å². The number of aliphatic imine (C=N–C) groups is 1. The first-order valence-electron chi connectivity index (χ1n) is 7.17. The van der Waals surface area contributed by atoms with Crippen molar-refractivity contribution < 1.29 is 9.13 Å². The maximum Gasteiger partial charge on any atom is 0.191 e. The number of methoxy groups -OCH3 is 1. The zero-order valence-corrected chi connectivity index (χ0v) is 13.5. The molecule has 1 heterocycles. The van der Waals surface area contributed by atoms with Gasteiger partial charge in [0.2, 0.25) is 0 Å². The van der Waals surface area contributed by atoms with Gasteiger partial charge in [0, 0.05) is 33.3 Å².